The predicted octanol–water partition coefficient (Wildman–Crippen LogP) is 5.54. The monoisotopic (exact) mass is 300 g/mol. The Bertz CT molecular complexity index is 518. The number of rotatable bonds is 1. The van der Waals surface area contributed by atoms with Crippen LogP contribution in [0.25, 0.3) is 0 Å². The molecular weight excluding hydrogens is 268 g/mol. The van der Waals surface area contributed by atoms with Crippen LogP contribution >= 0.6 is 0 Å². The first-order valence-electron chi connectivity index (χ1n) is 9.67. The first-order chi connectivity index (χ1) is 10.5. The lowest BCUT2D eigenvalue weighted by Crippen LogP contribution is -2.50. The number of Topliss-reactive ketones (excluding diaryl/α,β-unsaturated/α-hetero) is 1. The van der Waals surface area contributed by atoms with Gasteiger partial charge in [0.05, 0.1) is 0 Å². The summed E-state index contributed by atoms with van der Waals surface area (Å²) in [7, 11) is 0. The number of fused-ring (bicyclic) bond motifs is 5. The minimum absolute atomic E-state index is 0.319. The number of carbonyl (C=O) groups excluding carboxylic acids is 1. The van der Waals surface area contributed by atoms with Gasteiger partial charge >= 0.3 is 0 Å². The topological polar surface area (TPSA) is 17.1 Å². The minimum atomic E-state index is 0.319. The fourth-order valence-corrected chi connectivity index (χ4v) is 7.42. The van der Waals surface area contributed by atoms with Crippen LogP contribution in [0.15, 0.2) is 11.6 Å². The molecule has 3 fully saturated rings. The van der Waals surface area contributed by atoms with E-state index in [1.807, 2.05) is 6.92 Å². The zero-order valence-electron chi connectivity index (χ0n) is 14.7. The fraction of sp³-hybridized carbons (Fsp3) is 0.857. The Labute approximate surface area is 135 Å². The maximum absolute atomic E-state index is 12.1. The van der Waals surface area contributed by atoms with Gasteiger partial charge in [0.15, 0.2) is 0 Å². The van der Waals surface area contributed by atoms with Crippen LogP contribution in [0.1, 0.15) is 78.6 Å². The molecule has 4 aliphatic carbocycles. The minimum Gasteiger partial charge on any atom is -0.300 e. The number of allylic oxidation sites excluding steroid dienone is 2. The summed E-state index contributed by atoms with van der Waals surface area (Å²) in [6, 6.07) is 0. The lowest BCUT2D eigenvalue weighted by molar-refractivity contribution is -0.127. The molecule has 0 N–H and O–H groups in total. The number of carbonyl (C=O) groups is 1. The van der Waals surface area contributed by atoms with Gasteiger partial charge in [-0.05, 0) is 93.3 Å². The van der Waals surface area contributed by atoms with E-state index >= 15 is 0 Å². The maximum Gasteiger partial charge on any atom is 0.133 e. The molecule has 22 heavy (non-hydrogen) atoms. The van der Waals surface area contributed by atoms with E-state index in [4.69, 9.17) is 0 Å². The van der Waals surface area contributed by atoms with E-state index in [2.05, 4.69) is 19.9 Å². The second-order valence-corrected chi connectivity index (χ2v) is 9.24. The Hall–Kier alpha value is -0.590. The lowest BCUT2D eigenvalue weighted by Gasteiger charge is -2.58. The molecule has 0 aromatic carbocycles. The highest BCUT2D eigenvalue weighted by atomic mass is 16.1. The third kappa shape index (κ3) is 1.86. The summed E-state index contributed by atoms with van der Waals surface area (Å²) in [6.45, 7) is 6.88. The van der Waals surface area contributed by atoms with Crippen molar-refractivity contribution in [3.05, 3.63) is 11.6 Å². The number of ketones is 1. The van der Waals surface area contributed by atoms with Crippen LogP contribution in [0.4, 0.5) is 0 Å². The van der Waals surface area contributed by atoms with Crippen molar-refractivity contribution in [1.82, 2.24) is 0 Å². The first-order valence-corrected chi connectivity index (χ1v) is 9.67. The van der Waals surface area contributed by atoms with Crippen molar-refractivity contribution in [3.63, 3.8) is 0 Å². The molecule has 0 heterocycles. The van der Waals surface area contributed by atoms with Crippen molar-refractivity contribution >= 4 is 5.78 Å². The van der Waals surface area contributed by atoms with Gasteiger partial charge in [0.1, 0.15) is 5.78 Å². The van der Waals surface area contributed by atoms with E-state index in [1.54, 1.807) is 5.57 Å². The molecule has 4 aliphatic rings. The molecule has 0 bridgehead atoms. The van der Waals surface area contributed by atoms with Crippen molar-refractivity contribution in [1.29, 1.82) is 0 Å². The molecule has 0 saturated heterocycles. The third-order valence-electron chi connectivity index (χ3n) is 8.52. The van der Waals surface area contributed by atoms with Crippen LogP contribution in [-0.2, 0) is 4.79 Å². The highest BCUT2D eigenvalue weighted by Gasteiger charge is 2.59. The average Bonchev–Trinajstić information content (AvgIpc) is 2.84. The second kappa shape index (κ2) is 4.95. The van der Waals surface area contributed by atoms with E-state index in [9.17, 15) is 4.79 Å². The van der Waals surface area contributed by atoms with Crippen LogP contribution in [0.5, 0.6) is 0 Å². The third-order valence-corrected chi connectivity index (χ3v) is 8.52. The standard InChI is InChI=1S/C21H32O/c1-14(22)17-9-10-18-16-8-7-15-6-4-5-12-20(15,2)19(16)11-13-21(17,18)3/h6,16-19H,4-5,7-13H2,1-3H3. The molecule has 0 radical (unpaired) electrons. The smallest absolute Gasteiger partial charge is 0.133 e. The second-order valence-electron chi connectivity index (χ2n) is 9.24. The van der Waals surface area contributed by atoms with E-state index in [-0.39, 0.29) is 0 Å². The van der Waals surface area contributed by atoms with E-state index in [0.717, 1.165) is 17.8 Å². The quantitative estimate of drug-likeness (QED) is 0.581. The zero-order valence-corrected chi connectivity index (χ0v) is 14.7. The summed E-state index contributed by atoms with van der Waals surface area (Å²) in [5.74, 6) is 3.43. The van der Waals surface area contributed by atoms with Crippen molar-refractivity contribution in [3.8, 4) is 0 Å². The molecule has 1 heteroatoms. The van der Waals surface area contributed by atoms with Crippen molar-refractivity contribution in [2.45, 2.75) is 78.6 Å². The molecule has 0 aromatic rings. The van der Waals surface area contributed by atoms with Gasteiger partial charge in [-0.3, -0.25) is 4.79 Å². The molecule has 6 atom stereocenters. The van der Waals surface area contributed by atoms with Gasteiger partial charge in [-0.25, -0.2) is 0 Å². The van der Waals surface area contributed by atoms with Crippen LogP contribution in [-0.4, -0.2) is 5.78 Å². The largest absolute Gasteiger partial charge is 0.300 e. The summed E-state index contributed by atoms with van der Waals surface area (Å²) in [5.41, 5.74) is 2.61. The summed E-state index contributed by atoms with van der Waals surface area (Å²) in [6.07, 6.45) is 14.6. The highest BCUT2D eigenvalue weighted by Crippen LogP contribution is 2.66. The Morgan fingerprint density at radius 2 is 1.91 bits per heavy atom. The van der Waals surface area contributed by atoms with Crippen molar-refractivity contribution < 1.29 is 4.79 Å². The first kappa shape index (κ1) is 15.0. The summed E-state index contributed by atoms with van der Waals surface area (Å²) >= 11 is 0. The van der Waals surface area contributed by atoms with E-state index in [0.29, 0.717) is 22.5 Å². The van der Waals surface area contributed by atoms with Crippen LogP contribution in [0, 0.1) is 34.5 Å². The Morgan fingerprint density at radius 1 is 1.09 bits per heavy atom. The number of hydrogen-bond donors (Lipinski definition) is 0. The van der Waals surface area contributed by atoms with Gasteiger partial charge in [0.25, 0.3) is 0 Å². The molecule has 0 aromatic heterocycles. The van der Waals surface area contributed by atoms with E-state index < -0.39 is 0 Å². The summed E-state index contributed by atoms with van der Waals surface area (Å²) in [4.78, 5) is 12.1. The van der Waals surface area contributed by atoms with Gasteiger partial charge < -0.3 is 0 Å². The summed E-state index contributed by atoms with van der Waals surface area (Å²) in [5, 5.41) is 0. The maximum atomic E-state index is 12.1. The molecule has 0 aliphatic heterocycles. The van der Waals surface area contributed by atoms with Crippen LogP contribution < -0.4 is 0 Å². The number of hydrogen-bond acceptors (Lipinski definition) is 1. The molecular formula is C21H32O. The van der Waals surface area contributed by atoms with Crippen molar-refractivity contribution in [2.24, 2.45) is 34.5 Å². The Kier molecular flexibility index (Phi) is 3.37. The van der Waals surface area contributed by atoms with Gasteiger partial charge in [0, 0.05) is 5.92 Å². The fourth-order valence-electron chi connectivity index (χ4n) is 7.42. The highest BCUT2D eigenvalue weighted by molar-refractivity contribution is 5.79. The van der Waals surface area contributed by atoms with Gasteiger partial charge in [-0.15, -0.1) is 0 Å². The van der Waals surface area contributed by atoms with Gasteiger partial charge in [-0.1, -0.05) is 25.5 Å². The van der Waals surface area contributed by atoms with Crippen LogP contribution in [0.3, 0.4) is 0 Å². The average molecular weight is 300 g/mol. The van der Waals surface area contributed by atoms with Gasteiger partial charge in [-0.2, -0.15) is 0 Å². The predicted molar refractivity (Wildman–Crippen MR) is 90.5 cm³/mol. The molecule has 6 unspecified atom stereocenters. The Morgan fingerprint density at radius 3 is 2.68 bits per heavy atom. The zero-order chi connectivity index (χ0) is 15.5. The van der Waals surface area contributed by atoms with E-state index in [1.165, 1.54) is 57.8 Å². The lowest BCUT2D eigenvalue weighted by atomic mass is 9.47. The Balaban J connectivity index is 1.67. The molecule has 1 nitrogen and oxygen atoms in total. The van der Waals surface area contributed by atoms with Crippen LogP contribution in [0.2, 0.25) is 0 Å². The van der Waals surface area contributed by atoms with Gasteiger partial charge in [0.2, 0.25) is 0 Å². The molecule has 122 valence electrons. The molecule has 0 amide bonds. The molecule has 4 rings (SSSR count). The summed E-state index contributed by atoms with van der Waals surface area (Å²) < 4.78 is 0. The molecule has 0 spiro atoms. The SMILES string of the molecule is CC(=O)C1CCC2C3CCC4=CCCCC4(C)C3CCC12C. The van der Waals surface area contributed by atoms with Crippen molar-refractivity contribution in [2.75, 3.05) is 0 Å². The molecule has 3 saturated carbocycles. The normalized spacial score (nSPS) is 50.6.